The van der Waals surface area contributed by atoms with Crippen LogP contribution in [-0.2, 0) is 12.5 Å². The largest absolute Gasteiger partial charge is 0.474 e. The molecule has 0 atom stereocenters. The second-order valence-electron chi connectivity index (χ2n) is 10.2. The highest BCUT2D eigenvalue weighted by Crippen LogP contribution is 2.31. The molecule has 4 aromatic rings. The van der Waals surface area contributed by atoms with Crippen LogP contribution in [0.1, 0.15) is 44.7 Å². The zero-order chi connectivity index (χ0) is 24.6. The van der Waals surface area contributed by atoms with E-state index in [9.17, 15) is 0 Å². The number of ether oxygens (including phenoxy) is 1. The third kappa shape index (κ3) is 4.89. The fourth-order valence-electron chi connectivity index (χ4n) is 4.32. The van der Waals surface area contributed by atoms with Crippen molar-refractivity contribution in [1.29, 1.82) is 0 Å². The van der Waals surface area contributed by atoms with Gasteiger partial charge in [-0.25, -0.2) is 15.0 Å². The van der Waals surface area contributed by atoms with Crippen molar-refractivity contribution in [2.45, 2.75) is 52.1 Å². The summed E-state index contributed by atoms with van der Waals surface area (Å²) in [5.74, 6) is 2.06. The summed E-state index contributed by atoms with van der Waals surface area (Å²) in [4.78, 5) is 24.6. The van der Waals surface area contributed by atoms with Crippen molar-refractivity contribution in [2.24, 2.45) is 7.05 Å². The van der Waals surface area contributed by atoms with Crippen LogP contribution in [0.4, 0.5) is 17.5 Å². The van der Waals surface area contributed by atoms with E-state index < -0.39 is 0 Å². The third-order valence-electron chi connectivity index (χ3n) is 6.48. The Hall–Kier alpha value is -3.75. The number of benzene rings is 1. The number of anilines is 3. The summed E-state index contributed by atoms with van der Waals surface area (Å²) in [7, 11) is 1.97. The zero-order valence-corrected chi connectivity index (χ0v) is 21.0. The van der Waals surface area contributed by atoms with Crippen molar-refractivity contribution in [3.05, 3.63) is 54.2 Å². The van der Waals surface area contributed by atoms with E-state index in [-0.39, 0.29) is 11.5 Å². The van der Waals surface area contributed by atoms with Gasteiger partial charge >= 0.3 is 0 Å². The van der Waals surface area contributed by atoms with Gasteiger partial charge in [-0.3, -0.25) is 0 Å². The van der Waals surface area contributed by atoms with Crippen molar-refractivity contribution in [2.75, 3.05) is 23.3 Å². The molecule has 182 valence electrons. The number of fused-ring (bicyclic) bond motifs is 1. The molecule has 0 amide bonds. The molecular formula is C26H32N8O. The van der Waals surface area contributed by atoms with Gasteiger partial charge in [-0.1, -0.05) is 32.9 Å². The first-order valence-corrected chi connectivity index (χ1v) is 12.0. The summed E-state index contributed by atoms with van der Waals surface area (Å²) < 4.78 is 7.99. The third-order valence-corrected chi connectivity index (χ3v) is 6.48. The van der Waals surface area contributed by atoms with E-state index in [1.807, 2.05) is 11.6 Å². The highest BCUT2D eigenvalue weighted by molar-refractivity contribution is 5.87. The van der Waals surface area contributed by atoms with Gasteiger partial charge in [0.05, 0.1) is 6.33 Å². The number of imidazole rings is 1. The van der Waals surface area contributed by atoms with Crippen LogP contribution < -0.4 is 15.0 Å². The van der Waals surface area contributed by atoms with E-state index in [2.05, 4.69) is 71.1 Å². The number of rotatable bonds is 5. The summed E-state index contributed by atoms with van der Waals surface area (Å²) in [5.41, 5.74) is 5.10. The quantitative estimate of drug-likeness (QED) is 0.452. The number of hydrogen-bond donors (Lipinski definition) is 1. The molecule has 1 fully saturated rings. The lowest BCUT2D eigenvalue weighted by Gasteiger charge is -2.32. The molecule has 1 aromatic carbocycles. The Morgan fingerprint density at radius 1 is 1.06 bits per heavy atom. The summed E-state index contributed by atoms with van der Waals surface area (Å²) in [6, 6.07) is 8.36. The molecule has 35 heavy (non-hydrogen) atoms. The molecule has 1 saturated heterocycles. The number of hydrogen-bond acceptors (Lipinski definition) is 8. The molecule has 0 radical (unpaired) electrons. The van der Waals surface area contributed by atoms with Crippen LogP contribution in [0.3, 0.4) is 0 Å². The lowest BCUT2D eigenvalue weighted by atomic mass is 9.86. The predicted molar refractivity (Wildman–Crippen MR) is 137 cm³/mol. The molecule has 0 bridgehead atoms. The predicted octanol–water partition coefficient (Wildman–Crippen LogP) is 4.55. The van der Waals surface area contributed by atoms with Gasteiger partial charge in [0.2, 0.25) is 11.8 Å². The highest BCUT2D eigenvalue weighted by atomic mass is 16.5. The van der Waals surface area contributed by atoms with Crippen LogP contribution >= 0.6 is 0 Å². The van der Waals surface area contributed by atoms with Crippen molar-refractivity contribution >= 4 is 28.6 Å². The summed E-state index contributed by atoms with van der Waals surface area (Å²) >= 11 is 0. The van der Waals surface area contributed by atoms with Crippen LogP contribution in [0.5, 0.6) is 5.88 Å². The number of nitrogens with one attached hydrogen (secondary N) is 1. The fraction of sp³-hybridized carbons (Fsp3) is 0.423. The lowest BCUT2D eigenvalue weighted by Crippen LogP contribution is -2.39. The van der Waals surface area contributed by atoms with Crippen LogP contribution in [-0.4, -0.2) is 48.7 Å². The lowest BCUT2D eigenvalue weighted by molar-refractivity contribution is 0.163. The molecule has 1 aliphatic heterocycles. The number of aromatic nitrogens is 6. The van der Waals surface area contributed by atoms with Gasteiger partial charge in [0, 0.05) is 50.9 Å². The molecule has 0 unspecified atom stereocenters. The maximum Gasteiger partial charge on any atom is 0.229 e. The molecule has 0 aliphatic carbocycles. The molecule has 9 nitrogen and oxygen atoms in total. The van der Waals surface area contributed by atoms with Crippen molar-refractivity contribution in [3.63, 3.8) is 0 Å². The normalized spacial score (nSPS) is 14.9. The second-order valence-corrected chi connectivity index (χ2v) is 10.2. The van der Waals surface area contributed by atoms with Gasteiger partial charge < -0.3 is 19.5 Å². The number of piperidine rings is 1. The number of aryl methyl sites for hydroxylation is 2. The SMILES string of the molecule is Cc1ccc(C(C)(C)C)cc1Nc1nc(N2CCC(Oc3ccncn3)CC2)nc2ncn(C)c12. The molecule has 0 spiro atoms. The van der Waals surface area contributed by atoms with Crippen LogP contribution in [0.15, 0.2) is 43.1 Å². The van der Waals surface area contributed by atoms with Gasteiger partial charge in [0.25, 0.3) is 0 Å². The second kappa shape index (κ2) is 9.13. The van der Waals surface area contributed by atoms with E-state index in [0.717, 1.165) is 48.5 Å². The minimum absolute atomic E-state index is 0.0566. The van der Waals surface area contributed by atoms with E-state index in [0.29, 0.717) is 17.5 Å². The van der Waals surface area contributed by atoms with Crippen LogP contribution in [0.25, 0.3) is 11.2 Å². The Kier molecular flexibility index (Phi) is 6.00. The minimum atomic E-state index is 0.0566. The Labute approximate surface area is 205 Å². The standard InChI is InChI=1S/C26H32N8O/c1-17-6-7-18(26(2,3)4)14-20(17)30-24-22-23(29-16-33(22)5)31-25(32-24)34-12-9-19(10-13-34)35-21-8-11-27-15-28-21/h6-8,11,14-16,19H,9-10,12-13H2,1-5H3,(H,30,31,32). The molecule has 1 N–H and O–H groups in total. The fourth-order valence-corrected chi connectivity index (χ4v) is 4.32. The van der Waals surface area contributed by atoms with Crippen LogP contribution in [0.2, 0.25) is 0 Å². The maximum atomic E-state index is 6.02. The average Bonchev–Trinajstić information content (AvgIpc) is 3.22. The van der Waals surface area contributed by atoms with E-state index >= 15 is 0 Å². The van der Waals surface area contributed by atoms with E-state index in [1.165, 1.54) is 11.9 Å². The topological polar surface area (TPSA) is 93.9 Å². The van der Waals surface area contributed by atoms with Crippen molar-refractivity contribution in [3.8, 4) is 5.88 Å². The molecular weight excluding hydrogens is 440 g/mol. The van der Waals surface area contributed by atoms with E-state index in [1.54, 1.807) is 18.6 Å². The zero-order valence-electron chi connectivity index (χ0n) is 21.0. The first kappa shape index (κ1) is 23.0. The highest BCUT2D eigenvalue weighted by Gasteiger charge is 2.25. The van der Waals surface area contributed by atoms with Crippen molar-refractivity contribution < 1.29 is 4.74 Å². The van der Waals surface area contributed by atoms with Gasteiger partial charge in [-0.15, -0.1) is 0 Å². The molecule has 9 heteroatoms. The van der Waals surface area contributed by atoms with Gasteiger partial charge in [-0.2, -0.15) is 9.97 Å². The van der Waals surface area contributed by atoms with Gasteiger partial charge in [0.1, 0.15) is 17.9 Å². The molecule has 0 saturated carbocycles. The summed E-state index contributed by atoms with van der Waals surface area (Å²) in [6.45, 7) is 10.4. The summed E-state index contributed by atoms with van der Waals surface area (Å²) in [5, 5.41) is 3.60. The summed E-state index contributed by atoms with van der Waals surface area (Å²) in [6.07, 6.45) is 6.83. The Morgan fingerprint density at radius 3 is 2.57 bits per heavy atom. The van der Waals surface area contributed by atoms with Gasteiger partial charge in [-0.05, 0) is 29.5 Å². The monoisotopic (exact) mass is 472 g/mol. The molecule has 4 heterocycles. The van der Waals surface area contributed by atoms with E-state index in [4.69, 9.17) is 14.7 Å². The Balaban J connectivity index is 1.40. The van der Waals surface area contributed by atoms with Gasteiger partial charge in [0.15, 0.2) is 11.5 Å². The molecule has 3 aromatic heterocycles. The molecule has 1 aliphatic rings. The first-order valence-electron chi connectivity index (χ1n) is 12.0. The van der Waals surface area contributed by atoms with Crippen LogP contribution in [0, 0.1) is 6.92 Å². The number of nitrogens with zero attached hydrogens (tertiary/aromatic N) is 7. The smallest absolute Gasteiger partial charge is 0.229 e. The maximum absolute atomic E-state index is 6.02. The average molecular weight is 473 g/mol. The van der Waals surface area contributed by atoms with Crippen molar-refractivity contribution in [1.82, 2.24) is 29.5 Å². The minimum Gasteiger partial charge on any atom is -0.474 e. The Bertz CT molecular complexity index is 1320. The Morgan fingerprint density at radius 2 is 1.86 bits per heavy atom. The molecule has 5 rings (SSSR count). The first-order chi connectivity index (χ1) is 16.8.